The molecule has 23 heavy (non-hydrogen) atoms. The molecule has 126 valence electrons. The first-order chi connectivity index (χ1) is 11.1. The fourth-order valence-electron chi connectivity index (χ4n) is 4.27. The minimum Gasteiger partial charge on any atom is -0.481 e. The number of ether oxygens (including phenoxy) is 1. The summed E-state index contributed by atoms with van der Waals surface area (Å²) >= 11 is 0. The van der Waals surface area contributed by atoms with Gasteiger partial charge in [-0.1, -0.05) is 25.0 Å². The predicted molar refractivity (Wildman–Crippen MR) is 89.1 cm³/mol. The maximum atomic E-state index is 12.9. The lowest BCUT2D eigenvalue weighted by molar-refractivity contribution is -0.141. The molecule has 1 heterocycles. The minimum absolute atomic E-state index is 0.0214. The van der Waals surface area contributed by atoms with Crippen molar-refractivity contribution >= 4 is 5.91 Å². The molecular weight excluding hydrogens is 290 g/mol. The summed E-state index contributed by atoms with van der Waals surface area (Å²) in [6, 6.07) is 8.02. The molecule has 1 aromatic rings. The lowest BCUT2D eigenvalue weighted by atomic mass is 9.85. The molecule has 2 aliphatic rings. The van der Waals surface area contributed by atoms with Gasteiger partial charge in [-0.3, -0.25) is 4.79 Å². The van der Waals surface area contributed by atoms with Gasteiger partial charge in [0, 0.05) is 12.1 Å². The molecule has 0 bridgehead atoms. The van der Waals surface area contributed by atoms with E-state index in [1.165, 1.54) is 19.3 Å². The molecule has 0 spiro atoms. The Morgan fingerprint density at radius 2 is 2.17 bits per heavy atom. The van der Waals surface area contributed by atoms with Crippen molar-refractivity contribution in [3.8, 4) is 5.75 Å². The van der Waals surface area contributed by atoms with Gasteiger partial charge in [-0.25, -0.2) is 0 Å². The molecule has 1 saturated heterocycles. The van der Waals surface area contributed by atoms with Crippen LogP contribution in [0.3, 0.4) is 0 Å². The zero-order valence-electron chi connectivity index (χ0n) is 14.1. The third-order valence-corrected chi connectivity index (χ3v) is 5.34. The topological polar surface area (TPSA) is 49.8 Å². The molecule has 1 aliphatic heterocycles. The number of fused-ring (bicyclic) bond motifs is 1. The Bertz CT molecular complexity index is 559. The van der Waals surface area contributed by atoms with E-state index in [0.29, 0.717) is 23.8 Å². The monoisotopic (exact) mass is 317 g/mol. The average Bonchev–Trinajstić information content (AvgIpc) is 2.90. The van der Waals surface area contributed by atoms with Crippen LogP contribution >= 0.6 is 0 Å². The lowest BCUT2D eigenvalue weighted by Crippen LogP contribution is -2.47. The van der Waals surface area contributed by atoms with E-state index in [4.69, 9.17) is 4.74 Å². The highest BCUT2D eigenvalue weighted by molar-refractivity contribution is 5.82. The number of carbonyl (C=O) groups is 1. The Hall–Kier alpha value is -1.55. The number of benzene rings is 1. The van der Waals surface area contributed by atoms with Crippen LogP contribution < -0.4 is 4.74 Å². The second kappa shape index (κ2) is 6.91. The molecule has 1 amide bonds. The van der Waals surface area contributed by atoms with Crippen molar-refractivity contribution in [2.24, 2.45) is 5.92 Å². The molecule has 1 aromatic carbocycles. The number of likely N-dealkylation sites (tertiary alicyclic amines) is 1. The summed E-state index contributed by atoms with van der Waals surface area (Å²) < 4.78 is 5.86. The van der Waals surface area contributed by atoms with Crippen LogP contribution in [-0.4, -0.2) is 34.1 Å². The number of aliphatic hydroxyl groups excluding tert-OH is 1. The van der Waals surface area contributed by atoms with Gasteiger partial charge in [0.25, 0.3) is 5.91 Å². The van der Waals surface area contributed by atoms with Crippen molar-refractivity contribution in [3.63, 3.8) is 0 Å². The number of rotatable bonds is 4. The van der Waals surface area contributed by atoms with Gasteiger partial charge >= 0.3 is 0 Å². The Kier molecular flexibility index (Phi) is 4.90. The molecule has 2 fully saturated rings. The van der Waals surface area contributed by atoms with Crippen molar-refractivity contribution in [1.82, 2.24) is 4.90 Å². The summed E-state index contributed by atoms with van der Waals surface area (Å²) in [6.07, 6.45) is 5.55. The quantitative estimate of drug-likeness (QED) is 0.928. The molecule has 3 rings (SSSR count). The van der Waals surface area contributed by atoms with E-state index in [2.05, 4.69) is 11.8 Å². The summed E-state index contributed by atoms with van der Waals surface area (Å²) in [4.78, 5) is 15.0. The number of hydrogen-bond donors (Lipinski definition) is 1. The van der Waals surface area contributed by atoms with Gasteiger partial charge in [0.1, 0.15) is 5.75 Å². The van der Waals surface area contributed by atoms with Crippen LogP contribution in [0.25, 0.3) is 0 Å². The molecule has 4 atom stereocenters. The third kappa shape index (κ3) is 3.37. The van der Waals surface area contributed by atoms with Gasteiger partial charge in [0.05, 0.1) is 6.61 Å². The fourth-order valence-corrected chi connectivity index (χ4v) is 4.27. The van der Waals surface area contributed by atoms with E-state index in [9.17, 15) is 9.90 Å². The van der Waals surface area contributed by atoms with Gasteiger partial charge < -0.3 is 14.7 Å². The average molecular weight is 317 g/mol. The summed E-state index contributed by atoms with van der Waals surface area (Å²) in [5.74, 6) is 1.42. The molecule has 1 N–H and O–H groups in total. The van der Waals surface area contributed by atoms with Crippen LogP contribution in [-0.2, 0) is 11.4 Å². The first-order valence-electron chi connectivity index (χ1n) is 8.78. The van der Waals surface area contributed by atoms with Crippen LogP contribution in [0.4, 0.5) is 0 Å². The lowest BCUT2D eigenvalue weighted by Gasteiger charge is -2.34. The summed E-state index contributed by atoms with van der Waals surface area (Å²) in [7, 11) is 0. The largest absolute Gasteiger partial charge is 0.481 e. The van der Waals surface area contributed by atoms with E-state index >= 15 is 0 Å². The highest BCUT2D eigenvalue weighted by atomic mass is 16.5. The molecule has 4 nitrogen and oxygen atoms in total. The summed E-state index contributed by atoms with van der Waals surface area (Å²) in [5.41, 5.74) is 0.795. The first kappa shape index (κ1) is 16.3. The van der Waals surface area contributed by atoms with E-state index in [1.807, 2.05) is 25.1 Å². The van der Waals surface area contributed by atoms with E-state index in [0.717, 1.165) is 18.4 Å². The Balaban J connectivity index is 1.69. The van der Waals surface area contributed by atoms with Gasteiger partial charge in [0.2, 0.25) is 0 Å². The smallest absolute Gasteiger partial charge is 0.263 e. The maximum absolute atomic E-state index is 12.9. The molecule has 0 radical (unpaired) electrons. The number of carbonyl (C=O) groups excluding carboxylic acids is 1. The predicted octanol–water partition coefficient (Wildman–Crippen LogP) is 3.13. The molecule has 4 unspecified atom stereocenters. The van der Waals surface area contributed by atoms with Crippen molar-refractivity contribution in [2.45, 2.75) is 70.7 Å². The normalized spacial score (nSPS) is 28.3. The van der Waals surface area contributed by atoms with Gasteiger partial charge in [0.15, 0.2) is 6.10 Å². The third-order valence-electron chi connectivity index (χ3n) is 5.34. The highest BCUT2D eigenvalue weighted by Crippen LogP contribution is 2.40. The van der Waals surface area contributed by atoms with Crippen molar-refractivity contribution < 1.29 is 14.6 Å². The van der Waals surface area contributed by atoms with Gasteiger partial charge in [-0.05, 0) is 56.7 Å². The number of nitrogens with zero attached hydrogens (tertiary/aromatic N) is 1. The Morgan fingerprint density at radius 3 is 2.96 bits per heavy atom. The molecule has 4 heteroatoms. The Morgan fingerprint density at radius 1 is 1.39 bits per heavy atom. The van der Waals surface area contributed by atoms with Gasteiger partial charge in [-0.15, -0.1) is 0 Å². The molecular formula is C19H27NO3. The standard InChI is InChI=1S/C19H27NO3/c1-13-10-16-7-3-4-9-18(16)20(13)19(22)14(2)23-17-8-5-6-15(11-17)12-21/h5-6,8,11,13-14,16,18,21H,3-4,7,9-10,12H2,1-2H3. The van der Waals surface area contributed by atoms with Crippen molar-refractivity contribution in [2.75, 3.05) is 0 Å². The van der Waals surface area contributed by atoms with Crippen molar-refractivity contribution in [1.29, 1.82) is 0 Å². The first-order valence-corrected chi connectivity index (χ1v) is 8.78. The number of amides is 1. The zero-order chi connectivity index (χ0) is 16.4. The fraction of sp³-hybridized carbons (Fsp3) is 0.632. The minimum atomic E-state index is -0.493. The van der Waals surface area contributed by atoms with Crippen LogP contribution in [0.15, 0.2) is 24.3 Å². The molecule has 1 saturated carbocycles. The van der Waals surface area contributed by atoms with E-state index < -0.39 is 6.10 Å². The number of hydrogen-bond acceptors (Lipinski definition) is 3. The second-order valence-electron chi connectivity index (χ2n) is 7.01. The van der Waals surface area contributed by atoms with Crippen molar-refractivity contribution in [3.05, 3.63) is 29.8 Å². The molecule has 0 aromatic heterocycles. The van der Waals surface area contributed by atoms with Gasteiger partial charge in [-0.2, -0.15) is 0 Å². The maximum Gasteiger partial charge on any atom is 0.263 e. The number of aliphatic hydroxyl groups is 1. The van der Waals surface area contributed by atoms with Crippen LogP contribution in [0.2, 0.25) is 0 Å². The van der Waals surface area contributed by atoms with E-state index in [1.54, 1.807) is 6.07 Å². The summed E-state index contributed by atoms with van der Waals surface area (Å²) in [5, 5.41) is 9.21. The van der Waals surface area contributed by atoms with Crippen LogP contribution in [0.5, 0.6) is 5.75 Å². The summed E-state index contributed by atoms with van der Waals surface area (Å²) in [6.45, 7) is 3.97. The van der Waals surface area contributed by atoms with E-state index in [-0.39, 0.29) is 12.5 Å². The van der Waals surface area contributed by atoms with Crippen LogP contribution in [0.1, 0.15) is 51.5 Å². The Labute approximate surface area is 138 Å². The highest BCUT2D eigenvalue weighted by Gasteiger charge is 2.43. The SMILES string of the molecule is CC(Oc1cccc(CO)c1)C(=O)N1C(C)CC2CCCCC21. The zero-order valence-corrected chi connectivity index (χ0v) is 14.1. The second-order valence-corrected chi connectivity index (χ2v) is 7.01. The van der Waals surface area contributed by atoms with Crippen LogP contribution in [0, 0.1) is 5.92 Å². The molecule has 1 aliphatic carbocycles.